The largest absolute Gasteiger partial charge is 0.356 e. The van der Waals surface area contributed by atoms with Crippen molar-refractivity contribution in [3.63, 3.8) is 0 Å². The molecule has 0 spiro atoms. The first kappa shape index (κ1) is 8.15. The third kappa shape index (κ3) is 2.01. The summed E-state index contributed by atoms with van der Waals surface area (Å²) in [5, 5.41) is 13.6. The number of hydrogen-bond acceptors (Lipinski definition) is 4. The lowest BCUT2D eigenvalue weighted by atomic mass is 10.1. The lowest BCUT2D eigenvalue weighted by molar-refractivity contribution is -0.119. The fraction of sp³-hybridized carbons (Fsp3) is 0.714. The minimum atomic E-state index is 0.154. The molecule has 1 atom stereocenters. The van der Waals surface area contributed by atoms with Crippen LogP contribution >= 0.6 is 0 Å². The van der Waals surface area contributed by atoms with E-state index in [0.717, 1.165) is 19.5 Å². The van der Waals surface area contributed by atoms with Gasteiger partial charge in [0.2, 0.25) is 5.91 Å². The van der Waals surface area contributed by atoms with Gasteiger partial charge in [-0.3, -0.25) is 4.79 Å². The average molecular weight is 181 g/mol. The molecule has 13 heavy (non-hydrogen) atoms. The highest BCUT2D eigenvalue weighted by Gasteiger charge is 2.20. The number of rotatable bonds is 3. The van der Waals surface area contributed by atoms with Crippen LogP contribution in [0.25, 0.3) is 0 Å². The molecule has 1 saturated heterocycles. The van der Waals surface area contributed by atoms with Gasteiger partial charge in [-0.15, -0.1) is 5.10 Å². The van der Waals surface area contributed by atoms with Crippen molar-refractivity contribution in [1.29, 1.82) is 0 Å². The molecule has 1 aromatic rings. The summed E-state index contributed by atoms with van der Waals surface area (Å²) in [4.78, 5) is 10.9. The van der Waals surface area contributed by atoms with Crippen molar-refractivity contribution in [2.75, 3.05) is 6.54 Å². The lowest BCUT2D eigenvalue weighted by Gasteiger charge is -2.04. The van der Waals surface area contributed by atoms with Crippen LogP contribution in [0.2, 0.25) is 0 Å². The third-order valence-corrected chi connectivity index (χ3v) is 2.22. The number of carbonyl (C=O) groups is 1. The second-order valence-electron chi connectivity index (χ2n) is 3.24. The van der Waals surface area contributed by atoms with E-state index in [9.17, 15) is 4.79 Å². The second-order valence-corrected chi connectivity index (χ2v) is 3.24. The Kier molecular flexibility index (Phi) is 2.20. The van der Waals surface area contributed by atoms with E-state index in [1.807, 2.05) is 0 Å². The first-order valence-corrected chi connectivity index (χ1v) is 4.32. The summed E-state index contributed by atoms with van der Waals surface area (Å²) in [7, 11) is 0. The van der Waals surface area contributed by atoms with Gasteiger partial charge < -0.3 is 5.32 Å². The molecule has 0 aromatic carbocycles. The number of aryl methyl sites for hydroxylation is 1. The van der Waals surface area contributed by atoms with Gasteiger partial charge in [-0.25, -0.2) is 4.68 Å². The van der Waals surface area contributed by atoms with E-state index in [1.165, 1.54) is 0 Å². The SMILES string of the molecule is O=C1CC(CCn2cnnn2)CN1. The molecule has 1 amide bonds. The topological polar surface area (TPSA) is 72.7 Å². The van der Waals surface area contributed by atoms with E-state index in [4.69, 9.17) is 0 Å². The number of hydrogen-bond donors (Lipinski definition) is 1. The average Bonchev–Trinajstić information content (AvgIpc) is 2.71. The number of carbonyl (C=O) groups excluding carboxylic acids is 1. The molecule has 1 fully saturated rings. The van der Waals surface area contributed by atoms with Crippen LogP contribution in [0.3, 0.4) is 0 Å². The van der Waals surface area contributed by atoms with E-state index < -0.39 is 0 Å². The quantitative estimate of drug-likeness (QED) is 0.662. The molecular formula is C7H11N5O. The molecule has 1 aliphatic heterocycles. The minimum absolute atomic E-state index is 0.154. The van der Waals surface area contributed by atoms with Gasteiger partial charge in [0.1, 0.15) is 6.33 Å². The van der Waals surface area contributed by atoms with E-state index in [1.54, 1.807) is 11.0 Å². The van der Waals surface area contributed by atoms with Crippen molar-refractivity contribution in [2.24, 2.45) is 5.92 Å². The highest BCUT2D eigenvalue weighted by molar-refractivity contribution is 5.78. The molecule has 0 bridgehead atoms. The van der Waals surface area contributed by atoms with Crippen molar-refractivity contribution >= 4 is 5.91 Å². The first-order chi connectivity index (χ1) is 6.34. The Bertz CT molecular complexity index is 283. The molecule has 70 valence electrons. The fourth-order valence-corrected chi connectivity index (χ4v) is 1.47. The normalized spacial score (nSPS) is 21.8. The van der Waals surface area contributed by atoms with Gasteiger partial charge in [-0.2, -0.15) is 0 Å². The molecule has 1 aliphatic rings. The van der Waals surface area contributed by atoms with Crippen molar-refractivity contribution in [2.45, 2.75) is 19.4 Å². The van der Waals surface area contributed by atoms with Crippen molar-refractivity contribution in [3.05, 3.63) is 6.33 Å². The molecule has 2 heterocycles. The summed E-state index contributed by atoms with van der Waals surface area (Å²) < 4.78 is 1.68. The zero-order valence-electron chi connectivity index (χ0n) is 7.18. The van der Waals surface area contributed by atoms with Crippen LogP contribution in [0, 0.1) is 5.92 Å². The fourth-order valence-electron chi connectivity index (χ4n) is 1.47. The Hall–Kier alpha value is -1.46. The maximum Gasteiger partial charge on any atom is 0.220 e. The summed E-state index contributed by atoms with van der Waals surface area (Å²) in [5.41, 5.74) is 0. The molecule has 0 radical (unpaired) electrons. The molecule has 0 aliphatic carbocycles. The van der Waals surface area contributed by atoms with E-state index in [-0.39, 0.29) is 5.91 Å². The number of amides is 1. The van der Waals surface area contributed by atoms with Crippen LogP contribution < -0.4 is 5.32 Å². The van der Waals surface area contributed by atoms with Gasteiger partial charge in [0.15, 0.2) is 0 Å². The Balaban J connectivity index is 1.77. The standard InChI is InChI=1S/C7H11N5O/c13-7-3-6(4-8-7)1-2-12-5-9-10-11-12/h5-6H,1-4H2,(H,8,13). The summed E-state index contributed by atoms with van der Waals surface area (Å²) in [6, 6.07) is 0. The highest BCUT2D eigenvalue weighted by Crippen LogP contribution is 2.13. The number of tetrazole rings is 1. The summed E-state index contributed by atoms with van der Waals surface area (Å²) in [5.74, 6) is 0.596. The maximum absolute atomic E-state index is 10.9. The van der Waals surface area contributed by atoms with Gasteiger partial charge in [0, 0.05) is 19.5 Å². The third-order valence-electron chi connectivity index (χ3n) is 2.22. The Morgan fingerprint density at radius 1 is 1.69 bits per heavy atom. The van der Waals surface area contributed by atoms with Crippen molar-refractivity contribution in [3.8, 4) is 0 Å². The number of nitrogens with one attached hydrogen (secondary N) is 1. The van der Waals surface area contributed by atoms with Crippen molar-refractivity contribution in [1.82, 2.24) is 25.5 Å². The molecule has 1 unspecified atom stereocenters. The maximum atomic E-state index is 10.9. The zero-order chi connectivity index (χ0) is 9.10. The van der Waals surface area contributed by atoms with Crippen LogP contribution in [0.5, 0.6) is 0 Å². The van der Waals surface area contributed by atoms with Gasteiger partial charge in [0.05, 0.1) is 0 Å². The van der Waals surface area contributed by atoms with Crippen LogP contribution in [-0.4, -0.2) is 32.7 Å². The predicted octanol–water partition coefficient (Wildman–Crippen LogP) is -0.801. The molecule has 0 saturated carbocycles. The zero-order valence-corrected chi connectivity index (χ0v) is 7.18. The second kappa shape index (κ2) is 3.51. The molecule has 6 heteroatoms. The molecule has 6 nitrogen and oxygen atoms in total. The smallest absolute Gasteiger partial charge is 0.220 e. The van der Waals surface area contributed by atoms with Crippen LogP contribution in [0.4, 0.5) is 0 Å². The van der Waals surface area contributed by atoms with E-state index >= 15 is 0 Å². The molecule has 1 aromatic heterocycles. The summed E-state index contributed by atoms with van der Waals surface area (Å²) in [6.07, 6.45) is 3.18. The van der Waals surface area contributed by atoms with Crippen LogP contribution in [-0.2, 0) is 11.3 Å². The van der Waals surface area contributed by atoms with Crippen molar-refractivity contribution < 1.29 is 4.79 Å². The Morgan fingerprint density at radius 2 is 2.62 bits per heavy atom. The molecule has 2 rings (SSSR count). The number of nitrogens with zero attached hydrogens (tertiary/aromatic N) is 4. The lowest BCUT2D eigenvalue weighted by Crippen LogP contribution is -2.14. The Morgan fingerprint density at radius 3 is 3.23 bits per heavy atom. The van der Waals surface area contributed by atoms with E-state index in [2.05, 4.69) is 20.8 Å². The molecular weight excluding hydrogens is 170 g/mol. The summed E-state index contributed by atoms with van der Waals surface area (Å²) in [6.45, 7) is 1.58. The monoisotopic (exact) mass is 181 g/mol. The minimum Gasteiger partial charge on any atom is -0.356 e. The van der Waals surface area contributed by atoms with E-state index in [0.29, 0.717) is 12.3 Å². The summed E-state index contributed by atoms with van der Waals surface area (Å²) >= 11 is 0. The predicted molar refractivity (Wildman–Crippen MR) is 43.6 cm³/mol. The number of aromatic nitrogens is 4. The van der Waals surface area contributed by atoms with Gasteiger partial charge in [-0.05, 0) is 22.8 Å². The van der Waals surface area contributed by atoms with Gasteiger partial charge in [-0.1, -0.05) is 0 Å². The first-order valence-electron chi connectivity index (χ1n) is 4.32. The van der Waals surface area contributed by atoms with Gasteiger partial charge >= 0.3 is 0 Å². The van der Waals surface area contributed by atoms with Crippen LogP contribution in [0.1, 0.15) is 12.8 Å². The van der Waals surface area contributed by atoms with Gasteiger partial charge in [0.25, 0.3) is 0 Å². The van der Waals surface area contributed by atoms with Crippen LogP contribution in [0.15, 0.2) is 6.33 Å². The highest BCUT2D eigenvalue weighted by atomic mass is 16.1. The molecule has 1 N–H and O–H groups in total. The Labute approximate surface area is 75.3 Å².